The number of halogens is 3. The molecule has 2 aromatic rings. The summed E-state index contributed by atoms with van der Waals surface area (Å²) in [5.74, 6) is -0.341. The van der Waals surface area contributed by atoms with Crippen LogP contribution in [0.4, 0.5) is 15.0 Å². The van der Waals surface area contributed by atoms with Gasteiger partial charge in [0, 0.05) is 25.3 Å². The van der Waals surface area contributed by atoms with Crippen molar-refractivity contribution in [3.8, 4) is 0 Å². The van der Waals surface area contributed by atoms with Gasteiger partial charge in [0.15, 0.2) is 11.0 Å². The summed E-state index contributed by atoms with van der Waals surface area (Å²) in [5, 5.41) is 11.3. The minimum atomic E-state index is -1.08. The van der Waals surface area contributed by atoms with E-state index in [1.165, 1.54) is 6.20 Å². The van der Waals surface area contributed by atoms with Crippen LogP contribution in [-0.2, 0) is 0 Å². The molecule has 1 fully saturated rings. The van der Waals surface area contributed by atoms with E-state index in [9.17, 15) is 9.18 Å². The summed E-state index contributed by atoms with van der Waals surface area (Å²) < 4.78 is 14.1. The predicted octanol–water partition coefficient (Wildman–Crippen LogP) is 2.71. The molecule has 0 radical (unpaired) electrons. The summed E-state index contributed by atoms with van der Waals surface area (Å²) in [6, 6.07) is -0.241. The van der Waals surface area contributed by atoms with Gasteiger partial charge < -0.3 is 15.3 Å². The van der Waals surface area contributed by atoms with Gasteiger partial charge in [0.2, 0.25) is 5.28 Å². The van der Waals surface area contributed by atoms with Crippen LogP contribution in [0.3, 0.4) is 0 Å². The monoisotopic (exact) mass is 359 g/mol. The van der Waals surface area contributed by atoms with Crippen LogP contribution < -0.4 is 10.2 Å². The number of nitrogens with zero attached hydrogens (tertiary/aromatic N) is 4. The van der Waals surface area contributed by atoms with Crippen LogP contribution in [-0.4, -0.2) is 45.3 Å². The SMILES string of the molecule is O=C(O)N[C@H]1CCCN(c2nc(Cl)nc3c(F)c(Cl)ncc23)C1. The van der Waals surface area contributed by atoms with E-state index < -0.39 is 11.9 Å². The molecule has 122 valence electrons. The molecule has 0 unspecified atom stereocenters. The fourth-order valence-electron chi connectivity index (χ4n) is 2.70. The molecule has 1 atom stereocenters. The van der Waals surface area contributed by atoms with Gasteiger partial charge in [-0.05, 0) is 24.4 Å². The van der Waals surface area contributed by atoms with E-state index in [4.69, 9.17) is 28.3 Å². The van der Waals surface area contributed by atoms with Crippen molar-refractivity contribution >= 4 is 46.0 Å². The molecule has 2 N–H and O–H groups in total. The predicted molar refractivity (Wildman–Crippen MR) is 83.7 cm³/mol. The zero-order chi connectivity index (χ0) is 16.6. The first-order valence-electron chi connectivity index (χ1n) is 6.87. The zero-order valence-corrected chi connectivity index (χ0v) is 13.3. The van der Waals surface area contributed by atoms with Crippen molar-refractivity contribution in [3.05, 3.63) is 22.5 Å². The molecule has 1 saturated heterocycles. The molecule has 23 heavy (non-hydrogen) atoms. The fraction of sp³-hybridized carbons (Fsp3) is 0.385. The number of amides is 1. The summed E-state index contributed by atoms with van der Waals surface area (Å²) in [4.78, 5) is 24.5. The number of piperidine rings is 1. The summed E-state index contributed by atoms with van der Waals surface area (Å²) in [7, 11) is 0. The average molecular weight is 360 g/mol. The lowest BCUT2D eigenvalue weighted by Crippen LogP contribution is -2.47. The van der Waals surface area contributed by atoms with Crippen LogP contribution in [0.2, 0.25) is 10.4 Å². The van der Waals surface area contributed by atoms with Gasteiger partial charge in [-0.2, -0.15) is 4.98 Å². The Hall–Kier alpha value is -1.93. The summed E-state index contributed by atoms with van der Waals surface area (Å²) in [5.41, 5.74) is -0.00619. The van der Waals surface area contributed by atoms with Crippen LogP contribution >= 0.6 is 23.2 Å². The molecule has 0 saturated carbocycles. The highest BCUT2D eigenvalue weighted by atomic mass is 35.5. The van der Waals surface area contributed by atoms with Crippen molar-refractivity contribution in [2.24, 2.45) is 0 Å². The van der Waals surface area contributed by atoms with Gasteiger partial charge in [-0.3, -0.25) is 0 Å². The summed E-state index contributed by atoms with van der Waals surface area (Å²) >= 11 is 11.6. The Kier molecular flexibility index (Phi) is 4.36. The maximum Gasteiger partial charge on any atom is 0.404 e. The minimum absolute atomic E-state index is 0.00619. The first-order chi connectivity index (χ1) is 11.0. The third kappa shape index (κ3) is 3.23. The standard InChI is InChI=1S/C13H12Cl2FN5O2/c14-10-8(16)9-7(4-17-10)11(20-12(15)19-9)21-3-1-2-6(5-21)18-13(22)23/h4,6,18H,1-3,5H2,(H,22,23)/t6-/m0/s1. The lowest BCUT2D eigenvalue weighted by Gasteiger charge is -2.33. The number of hydrogen-bond donors (Lipinski definition) is 2. The molecule has 10 heteroatoms. The molecular formula is C13H12Cl2FN5O2. The Morgan fingerprint density at radius 2 is 2.22 bits per heavy atom. The number of pyridine rings is 1. The number of carboxylic acid groups (broad SMARTS) is 1. The van der Waals surface area contributed by atoms with E-state index in [1.54, 1.807) is 0 Å². The van der Waals surface area contributed by atoms with Gasteiger partial charge in [-0.15, -0.1) is 0 Å². The quantitative estimate of drug-likeness (QED) is 0.632. The van der Waals surface area contributed by atoms with Crippen molar-refractivity contribution in [1.82, 2.24) is 20.3 Å². The number of carbonyl (C=O) groups is 1. The van der Waals surface area contributed by atoms with Crippen molar-refractivity contribution in [1.29, 1.82) is 0 Å². The number of aromatic nitrogens is 3. The zero-order valence-electron chi connectivity index (χ0n) is 11.8. The molecule has 3 rings (SSSR count). The molecule has 3 heterocycles. The van der Waals surface area contributed by atoms with Crippen LogP contribution in [0.5, 0.6) is 0 Å². The van der Waals surface area contributed by atoms with Crippen molar-refractivity contribution in [2.45, 2.75) is 18.9 Å². The molecule has 0 aromatic carbocycles. The summed E-state index contributed by atoms with van der Waals surface area (Å²) in [6.45, 7) is 1.05. The number of hydrogen-bond acceptors (Lipinski definition) is 5. The second kappa shape index (κ2) is 6.29. The van der Waals surface area contributed by atoms with Crippen LogP contribution in [0.25, 0.3) is 10.9 Å². The van der Waals surface area contributed by atoms with Crippen LogP contribution in [0.15, 0.2) is 6.20 Å². The lowest BCUT2D eigenvalue weighted by molar-refractivity contribution is 0.188. The van der Waals surface area contributed by atoms with Gasteiger partial charge in [0.1, 0.15) is 11.3 Å². The van der Waals surface area contributed by atoms with E-state index >= 15 is 0 Å². The molecule has 0 bridgehead atoms. The highest BCUT2D eigenvalue weighted by Gasteiger charge is 2.25. The smallest absolute Gasteiger partial charge is 0.404 e. The molecule has 1 amide bonds. The molecule has 1 aliphatic heterocycles. The fourth-order valence-corrected chi connectivity index (χ4v) is 3.00. The normalized spacial score (nSPS) is 18.2. The van der Waals surface area contributed by atoms with Crippen LogP contribution in [0.1, 0.15) is 12.8 Å². The van der Waals surface area contributed by atoms with Crippen molar-refractivity contribution < 1.29 is 14.3 Å². The van der Waals surface area contributed by atoms with Gasteiger partial charge in [-0.25, -0.2) is 19.2 Å². The van der Waals surface area contributed by atoms with E-state index in [2.05, 4.69) is 20.3 Å². The Balaban J connectivity index is 2.02. The number of fused-ring (bicyclic) bond motifs is 1. The first kappa shape index (κ1) is 15.9. The van der Waals surface area contributed by atoms with E-state index in [0.717, 1.165) is 12.8 Å². The van der Waals surface area contributed by atoms with Gasteiger partial charge in [-0.1, -0.05) is 11.6 Å². The molecule has 0 spiro atoms. The van der Waals surface area contributed by atoms with Gasteiger partial charge in [0.25, 0.3) is 0 Å². The second-order valence-corrected chi connectivity index (χ2v) is 5.87. The highest BCUT2D eigenvalue weighted by molar-refractivity contribution is 6.30. The maximum atomic E-state index is 14.1. The van der Waals surface area contributed by atoms with E-state index in [1.807, 2.05) is 4.90 Å². The summed E-state index contributed by atoms with van der Waals surface area (Å²) in [6.07, 6.45) is 1.79. The third-order valence-electron chi connectivity index (χ3n) is 3.64. The Morgan fingerprint density at radius 3 is 2.96 bits per heavy atom. The minimum Gasteiger partial charge on any atom is -0.465 e. The lowest BCUT2D eigenvalue weighted by atomic mass is 10.1. The average Bonchev–Trinajstić information content (AvgIpc) is 2.50. The highest BCUT2D eigenvalue weighted by Crippen LogP contribution is 2.30. The molecule has 1 aliphatic rings. The first-order valence-corrected chi connectivity index (χ1v) is 7.63. The number of rotatable bonds is 2. The van der Waals surface area contributed by atoms with E-state index in [0.29, 0.717) is 24.3 Å². The second-order valence-electron chi connectivity index (χ2n) is 5.18. The Morgan fingerprint density at radius 1 is 1.43 bits per heavy atom. The topological polar surface area (TPSA) is 91.2 Å². The number of anilines is 1. The van der Waals surface area contributed by atoms with Gasteiger partial charge >= 0.3 is 6.09 Å². The Labute approximate surface area is 140 Å². The van der Waals surface area contributed by atoms with Crippen molar-refractivity contribution in [3.63, 3.8) is 0 Å². The largest absolute Gasteiger partial charge is 0.465 e. The van der Waals surface area contributed by atoms with E-state index in [-0.39, 0.29) is 22.0 Å². The third-order valence-corrected chi connectivity index (χ3v) is 4.08. The molecule has 0 aliphatic carbocycles. The Bertz CT molecular complexity index is 776. The van der Waals surface area contributed by atoms with Crippen molar-refractivity contribution in [2.75, 3.05) is 18.0 Å². The number of nitrogens with one attached hydrogen (secondary N) is 1. The molecule has 2 aromatic heterocycles. The van der Waals surface area contributed by atoms with Gasteiger partial charge in [0.05, 0.1) is 5.39 Å². The molecular weight excluding hydrogens is 348 g/mol. The van der Waals surface area contributed by atoms with Crippen LogP contribution in [0, 0.1) is 5.82 Å². The molecule has 7 nitrogen and oxygen atoms in total. The maximum absolute atomic E-state index is 14.1.